The summed E-state index contributed by atoms with van der Waals surface area (Å²) in [5, 5.41) is 2.90. The fourth-order valence-electron chi connectivity index (χ4n) is 2.14. The van der Waals surface area contributed by atoms with Gasteiger partial charge < -0.3 is 5.32 Å². The summed E-state index contributed by atoms with van der Waals surface area (Å²) in [5.74, 6) is 0.509. The fraction of sp³-hybridized carbons (Fsp3) is 0.500. The van der Waals surface area contributed by atoms with Gasteiger partial charge in [-0.25, -0.2) is 9.97 Å². The second-order valence-corrected chi connectivity index (χ2v) is 4.60. The molecule has 0 aliphatic heterocycles. The first-order valence-electron chi connectivity index (χ1n) is 6.51. The normalized spacial score (nSPS) is 15.1. The number of carbonyl (C=O) groups excluding carboxylic acids is 1. The molecule has 2 rings (SSSR count). The lowest BCUT2D eigenvalue weighted by Crippen LogP contribution is -2.26. The van der Waals surface area contributed by atoms with Gasteiger partial charge in [-0.2, -0.15) is 0 Å². The number of hydrogen-bond donors (Lipinski definition) is 1. The standard InChI is InChI=1S/C14H19N3O/c1-11-15-10-8-13(17-11)14(18)16-9-7-12-5-3-2-4-6-12/h5,8,10H,2-4,6-7,9H2,1H3,(H,16,18). The maximum absolute atomic E-state index is 11.8. The maximum atomic E-state index is 11.8. The first kappa shape index (κ1) is 12.7. The van der Waals surface area contributed by atoms with E-state index in [1.165, 1.54) is 31.3 Å². The lowest BCUT2D eigenvalue weighted by molar-refractivity contribution is 0.0948. The molecule has 0 aromatic carbocycles. The number of aryl methyl sites for hydroxylation is 1. The molecule has 0 spiro atoms. The number of nitrogens with one attached hydrogen (secondary N) is 1. The molecule has 1 aromatic heterocycles. The summed E-state index contributed by atoms with van der Waals surface area (Å²) in [4.78, 5) is 19.9. The maximum Gasteiger partial charge on any atom is 0.270 e. The number of carbonyl (C=O) groups is 1. The Bertz CT molecular complexity index is 454. The van der Waals surface area contributed by atoms with Crippen LogP contribution in [0.3, 0.4) is 0 Å². The van der Waals surface area contributed by atoms with Crippen molar-refractivity contribution in [2.45, 2.75) is 39.0 Å². The molecule has 0 radical (unpaired) electrons. The van der Waals surface area contributed by atoms with Crippen LogP contribution >= 0.6 is 0 Å². The summed E-state index contributed by atoms with van der Waals surface area (Å²) in [6, 6.07) is 1.64. The molecule has 0 fully saturated rings. The average Bonchev–Trinajstić information content (AvgIpc) is 2.40. The minimum Gasteiger partial charge on any atom is -0.350 e. The Morgan fingerprint density at radius 3 is 3.06 bits per heavy atom. The minimum atomic E-state index is -0.114. The van der Waals surface area contributed by atoms with Crippen LogP contribution in [-0.4, -0.2) is 22.4 Å². The smallest absolute Gasteiger partial charge is 0.270 e. The predicted octanol–water partition coefficient (Wildman–Crippen LogP) is 2.41. The largest absolute Gasteiger partial charge is 0.350 e. The first-order valence-corrected chi connectivity index (χ1v) is 6.51. The van der Waals surface area contributed by atoms with Gasteiger partial charge in [0.05, 0.1) is 0 Å². The van der Waals surface area contributed by atoms with Crippen LogP contribution in [0.1, 0.15) is 48.4 Å². The van der Waals surface area contributed by atoms with E-state index < -0.39 is 0 Å². The molecule has 0 unspecified atom stereocenters. The van der Waals surface area contributed by atoms with Gasteiger partial charge in [0.25, 0.3) is 5.91 Å². The van der Waals surface area contributed by atoms with Gasteiger partial charge in [-0.15, -0.1) is 0 Å². The van der Waals surface area contributed by atoms with Crippen LogP contribution in [0.4, 0.5) is 0 Å². The van der Waals surface area contributed by atoms with Crippen molar-refractivity contribution in [2.75, 3.05) is 6.54 Å². The molecule has 4 heteroatoms. The van der Waals surface area contributed by atoms with Crippen molar-refractivity contribution in [1.82, 2.24) is 15.3 Å². The quantitative estimate of drug-likeness (QED) is 0.829. The van der Waals surface area contributed by atoms with E-state index >= 15 is 0 Å². The average molecular weight is 245 g/mol. The summed E-state index contributed by atoms with van der Waals surface area (Å²) in [6.07, 6.45) is 9.83. The molecule has 1 aromatic rings. The molecule has 0 saturated carbocycles. The number of allylic oxidation sites excluding steroid dienone is 1. The Morgan fingerprint density at radius 1 is 1.44 bits per heavy atom. The van der Waals surface area contributed by atoms with Crippen LogP contribution in [0.2, 0.25) is 0 Å². The summed E-state index contributed by atoms with van der Waals surface area (Å²) >= 11 is 0. The van der Waals surface area contributed by atoms with Crippen molar-refractivity contribution in [3.8, 4) is 0 Å². The molecule has 1 aliphatic carbocycles. The van der Waals surface area contributed by atoms with E-state index in [2.05, 4.69) is 21.4 Å². The highest BCUT2D eigenvalue weighted by Crippen LogP contribution is 2.19. The fourth-order valence-corrected chi connectivity index (χ4v) is 2.14. The molecule has 1 aliphatic rings. The third kappa shape index (κ3) is 3.65. The van der Waals surface area contributed by atoms with Crippen molar-refractivity contribution < 1.29 is 4.79 Å². The van der Waals surface area contributed by atoms with E-state index in [0.717, 1.165) is 6.42 Å². The Kier molecular flexibility index (Phi) is 4.45. The highest BCUT2D eigenvalue weighted by molar-refractivity contribution is 5.92. The summed E-state index contributed by atoms with van der Waals surface area (Å²) < 4.78 is 0. The Balaban J connectivity index is 1.79. The molecule has 0 bridgehead atoms. The van der Waals surface area contributed by atoms with Crippen LogP contribution in [0.5, 0.6) is 0 Å². The van der Waals surface area contributed by atoms with E-state index in [0.29, 0.717) is 18.1 Å². The SMILES string of the molecule is Cc1nccc(C(=O)NCCC2=CCCCC2)n1. The van der Waals surface area contributed by atoms with Crippen LogP contribution in [-0.2, 0) is 0 Å². The Hall–Kier alpha value is -1.71. The topological polar surface area (TPSA) is 54.9 Å². The van der Waals surface area contributed by atoms with Gasteiger partial charge in [0.15, 0.2) is 0 Å². The van der Waals surface area contributed by atoms with Crippen LogP contribution < -0.4 is 5.32 Å². The third-order valence-corrected chi connectivity index (χ3v) is 3.13. The van der Waals surface area contributed by atoms with Gasteiger partial charge in [-0.3, -0.25) is 4.79 Å². The Morgan fingerprint density at radius 2 is 2.33 bits per heavy atom. The van der Waals surface area contributed by atoms with Crippen molar-refractivity contribution in [2.24, 2.45) is 0 Å². The number of aromatic nitrogens is 2. The summed E-state index contributed by atoms with van der Waals surface area (Å²) in [5.41, 5.74) is 1.92. The number of rotatable bonds is 4. The number of amides is 1. The number of hydrogen-bond acceptors (Lipinski definition) is 3. The van der Waals surface area contributed by atoms with Crippen LogP contribution in [0, 0.1) is 6.92 Å². The Labute approximate surface area is 108 Å². The van der Waals surface area contributed by atoms with E-state index in [4.69, 9.17) is 0 Å². The van der Waals surface area contributed by atoms with Crippen molar-refractivity contribution in [1.29, 1.82) is 0 Å². The van der Waals surface area contributed by atoms with Gasteiger partial charge in [0, 0.05) is 12.7 Å². The third-order valence-electron chi connectivity index (χ3n) is 3.13. The van der Waals surface area contributed by atoms with Gasteiger partial charge >= 0.3 is 0 Å². The monoisotopic (exact) mass is 245 g/mol. The highest BCUT2D eigenvalue weighted by atomic mass is 16.1. The second kappa shape index (κ2) is 6.28. The second-order valence-electron chi connectivity index (χ2n) is 4.60. The molecular weight excluding hydrogens is 226 g/mol. The van der Waals surface area contributed by atoms with E-state index in [1.807, 2.05) is 0 Å². The molecule has 1 amide bonds. The zero-order valence-corrected chi connectivity index (χ0v) is 10.8. The molecule has 0 saturated heterocycles. The molecule has 1 N–H and O–H groups in total. The van der Waals surface area contributed by atoms with Gasteiger partial charge in [-0.05, 0) is 45.1 Å². The minimum absolute atomic E-state index is 0.114. The van der Waals surface area contributed by atoms with E-state index in [9.17, 15) is 4.79 Å². The van der Waals surface area contributed by atoms with Gasteiger partial charge in [0.2, 0.25) is 0 Å². The van der Waals surface area contributed by atoms with Crippen molar-refractivity contribution in [3.63, 3.8) is 0 Å². The molecule has 18 heavy (non-hydrogen) atoms. The summed E-state index contributed by atoms with van der Waals surface area (Å²) in [6.45, 7) is 2.47. The lowest BCUT2D eigenvalue weighted by atomic mass is 9.97. The lowest BCUT2D eigenvalue weighted by Gasteiger charge is -2.12. The first-order chi connectivity index (χ1) is 8.75. The molecule has 0 atom stereocenters. The summed E-state index contributed by atoms with van der Waals surface area (Å²) in [7, 11) is 0. The van der Waals surface area contributed by atoms with Crippen molar-refractivity contribution in [3.05, 3.63) is 35.4 Å². The van der Waals surface area contributed by atoms with E-state index in [1.54, 1.807) is 19.2 Å². The zero-order valence-electron chi connectivity index (χ0n) is 10.8. The highest BCUT2D eigenvalue weighted by Gasteiger charge is 2.08. The van der Waals surface area contributed by atoms with E-state index in [-0.39, 0.29) is 5.91 Å². The van der Waals surface area contributed by atoms with Crippen LogP contribution in [0.15, 0.2) is 23.9 Å². The van der Waals surface area contributed by atoms with Gasteiger partial charge in [-0.1, -0.05) is 11.6 Å². The molecule has 4 nitrogen and oxygen atoms in total. The predicted molar refractivity (Wildman–Crippen MR) is 70.3 cm³/mol. The zero-order chi connectivity index (χ0) is 12.8. The molecule has 96 valence electrons. The molecule has 1 heterocycles. The van der Waals surface area contributed by atoms with Crippen molar-refractivity contribution >= 4 is 5.91 Å². The van der Waals surface area contributed by atoms with Crippen LogP contribution in [0.25, 0.3) is 0 Å². The molecular formula is C14H19N3O. The number of nitrogens with zero attached hydrogens (tertiary/aromatic N) is 2. The van der Waals surface area contributed by atoms with Gasteiger partial charge in [0.1, 0.15) is 11.5 Å².